The van der Waals surface area contributed by atoms with E-state index in [-0.39, 0.29) is 12.2 Å². The van der Waals surface area contributed by atoms with Gasteiger partial charge in [-0.3, -0.25) is 9.59 Å². The van der Waals surface area contributed by atoms with Gasteiger partial charge in [0.15, 0.2) is 5.78 Å². The molecule has 0 aliphatic rings. The van der Waals surface area contributed by atoms with Crippen LogP contribution in [0.25, 0.3) is 0 Å². The van der Waals surface area contributed by atoms with E-state index in [1.165, 1.54) is 31.4 Å². The van der Waals surface area contributed by atoms with E-state index in [1.807, 2.05) is 0 Å². The van der Waals surface area contributed by atoms with Crippen LogP contribution in [0.2, 0.25) is 0 Å². The summed E-state index contributed by atoms with van der Waals surface area (Å²) in [6.45, 7) is 0. The second-order valence-corrected chi connectivity index (χ2v) is 4.80. The standard InChI is InChI=1S/C17H15FO4/c1-22-14-4-2-3-12(9-14)16(19)10-15(17(20)21)11-5-7-13(18)8-6-11/h2-9,15H,10H2,1H3,(H,20,21)/t15-/m1/s1. The lowest BCUT2D eigenvalue weighted by Gasteiger charge is -2.12. The van der Waals surface area contributed by atoms with E-state index in [4.69, 9.17) is 4.74 Å². The maximum Gasteiger partial charge on any atom is 0.311 e. The molecule has 22 heavy (non-hydrogen) atoms. The summed E-state index contributed by atoms with van der Waals surface area (Å²) >= 11 is 0. The molecule has 0 spiro atoms. The molecule has 2 aromatic rings. The Bertz CT molecular complexity index is 679. The largest absolute Gasteiger partial charge is 0.497 e. The number of aliphatic carboxylic acids is 1. The van der Waals surface area contributed by atoms with Crippen LogP contribution in [0.5, 0.6) is 5.75 Å². The molecule has 0 aliphatic carbocycles. The monoisotopic (exact) mass is 302 g/mol. The van der Waals surface area contributed by atoms with Gasteiger partial charge >= 0.3 is 5.97 Å². The Morgan fingerprint density at radius 1 is 1.18 bits per heavy atom. The molecule has 2 rings (SSSR count). The van der Waals surface area contributed by atoms with Gasteiger partial charge in [0, 0.05) is 12.0 Å². The van der Waals surface area contributed by atoms with E-state index in [0.717, 1.165) is 0 Å². The van der Waals surface area contributed by atoms with Gasteiger partial charge in [0.05, 0.1) is 13.0 Å². The first-order chi connectivity index (χ1) is 10.5. The van der Waals surface area contributed by atoms with E-state index < -0.39 is 17.7 Å². The average molecular weight is 302 g/mol. The number of halogens is 1. The number of ether oxygens (including phenoxy) is 1. The number of methoxy groups -OCH3 is 1. The molecule has 0 radical (unpaired) electrons. The Kier molecular flexibility index (Phi) is 4.88. The Labute approximate surface area is 127 Å². The second-order valence-electron chi connectivity index (χ2n) is 4.80. The van der Waals surface area contributed by atoms with E-state index in [0.29, 0.717) is 16.9 Å². The van der Waals surface area contributed by atoms with E-state index in [2.05, 4.69) is 0 Å². The summed E-state index contributed by atoms with van der Waals surface area (Å²) in [5.41, 5.74) is 0.776. The second kappa shape index (κ2) is 6.85. The van der Waals surface area contributed by atoms with Crippen molar-refractivity contribution in [3.05, 3.63) is 65.5 Å². The van der Waals surface area contributed by atoms with Crippen molar-refractivity contribution in [1.29, 1.82) is 0 Å². The normalized spacial score (nSPS) is 11.7. The maximum absolute atomic E-state index is 12.9. The van der Waals surface area contributed by atoms with Gasteiger partial charge in [-0.15, -0.1) is 0 Å². The molecule has 0 amide bonds. The SMILES string of the molecule is COc1cccc(C(=O)C[C@@H](C(=O)O)c2ccc(F)cc2)c1. The van der Waals surface area contributed by atoms with Gasteiger partial charge in [-0.05, 0) is 29.8 Å². The van der Waals surface area contributed by atoms with Crippen molar-refractivity contribution in [2.24, 2.45) is 0 Å². The molecule has 114 valence electrons. The van der Waals surface area contributed by atoms with Crippen LogP contribution < -0.4 is 4.74 Å². The van der Waals surface area contributed by atoms with E-state index >= 15 is 0 Å². The first kappa shape index (κ1) is 15.7. The minimum atomic E-state index is -1.12. The molecule has 0 unspecified atom stereocenters. The van der Waals surface area contributed by atoms with E-state index in [1.54, 1.807) is 24.3 Å². The Hall–Kier alpha value is -2.69. The quantitative estimate of drug-likeness (QED) is 0.832. The van der Waals surface area contributed by atoms with Gasteiger partial charge in [-0.25, -0.2) is 4.39 Å². The topological polar surface area (TPSA) is 63.6 Å². The van der Waals surface area contributed by atoms with Gasteiger partial charge in [0.25, 0.3) is 0 Å². The highest BCUT2D eigenvalue weighted by Gasteiger charge is 2.24. The highest BCUT2D eigenvalue weighted by molar-refractivity contribution is 5.99. The smallest absolute Gasteiger partial charge is 0.311 e. The van der Waals surface area contributed by atoms with Crippen molar-refractivity contribution < 1.29 is 23.8 Å². The molecule has 1 N–H and O–H groups in total. The van der Waals surface area contributed by atoms with Crippen molar-refractivity contribution in [3.63, 3.8) is 0 Å². The summed E-state index contributed by atoms with van der Waals surface area (Å²) in [5.74, 6) is -2.37. The Morgan fingerprint density at radius 3 is 2.45 bits per heavy atom. The number of ketones is 1. The van der Waals surface area contributed by atoms with Crippen molar-refractivity contribution in [1.82, 2.24) is 0 Å². The zero-order valence-corrected chi connectivity index (χ0v) is 12.0. The van der Waals surface area contributed by atoms with E-state index in [9.17, 15) is 19.1 Å². The number of carboxylic acid groups (broad SMARTS) is 1. The number of carbonyl (C=O) groups is 2. The van der Waals surface area contributed by atoms with Crippen molar-refractivity contribution >= 4 is 11.8 Å². The fourth-order valence-electron chi connectivity index (χ4n) is 2.14. The number of rotatable bonds is 6. The molecule has 5 heteroatoms. The summed E-state index contributed by atoms with van der Waals surface area (Å²) in [5, 5.41) is 9.32. The van der Waals surface area contributed by atoms with Gasteiger partial charge in [-0.2, -0.15) is 0 Å². The van der Waals surface area contributed by atoms with Crippen LogP contribution in [0.1, 0.15) is 28.3 Å². The lowest BCUT2D eigenvalue weighted by Crippen LogP contribution is -2.16. The molecule has 0 fully saturated rings. The molecule has 0 saturated heterocycles. The van der Waals surface area contributed by atoms with Crippen LogP contribution >= 0.6 is 0 Å². The first-order valence-corrected chi connectivity index (χ1v) is 6.67. The van der Waals surface area contributed by atoms with Gasteiger partial charge < -0.3 is 9.84 Å². The Morgan fingerprint density at radius 2 is 1.86 bits per heavy atom. The summed E-state index contributed by atoms with van der Waals surface area (Å²) < 4.78 is 18.0. The summed E-state index contributed by atoms with van der Waals surface area (Å²) in [4.78, 5) is 23.7. The third-order valence-electron chi connectivity index (χ3n) is 3.35. The van der Waals surface area contributed by atoms with Crippen LogP contribution in [0.3, 0.4) is 0 Å². The Balaban J connectivity index is 2.22. The van der Waals surface area contributed by atoms with Crippen molar-refractivity contribution in [2.45, 2.75) is 12.3 Å². The lowest BCUT2D eigenvalue weighted by molar-refractivity contribution is -0.138. The minimum absolute atomic E-state index is 0.200. The fourth-order valence-corrected chi connectivity index (χ4v) is 2.14. The number of hydrogen-bond donors (Lipinski definition) is 1. The highest BCUT2D eigenvalue weighted by Crippen LogP contribution is 2.24. The molecule has 0 aromatic heterocycles. The average Bonchev–Trinajstić information content (AvgIpc) is 2.53. The fraction of sp³-hybridized carbons (Fsp3) is 0.176. The highest BCUT2D eigenvalue weighted by atomic mass is 19.1. The molecule has 0 bridgehead atoms. The zero-order chi connectivity index (χ0) is 16.1. The minimum Gasteiger partial charge on any atom is -0.497 e. The van der Waals surface area contributed by atoms with Gasteiger partial charge in [-0.1, -0.05) is 24.3 Å². The molecular weight excluding hydrogens is 287 g/mol. The van der Waals surface area contributed by atoms with Crippen molar-refractivity contribution in [2.75, 3.05) is 7.11 Å². The number of carboxylic acids is 1. The van der Waals surface area contributed by atoms with Crippen LogP contribution in [-0.2, 0) is 4.79 Å². The third-order valence-corrected chi connectivity index (χ3v) is 3.35. The first-order valence-electron chi connectivity index (χ1n) is 6.67. The van der Waals surface area contributed by atoms with Crippen LogP contribution in [-0.4, -0.2) is 24.0 Å². The molecule has 1 atom stereocenters. The zero-order valence-electron chi connectivity index (χ0n) is 12.0. The number of hydrogen-bond acceptors (Lipinski definition) is 3. The van der Waals surface area contributed by atoms with Gasteiger partial charge in [0.2, 0.25) is 0 Å². The lowest BCUT2D eigenvalue weighted by atomic mass is 9.91. The number of benzene rings is 2. The van der Waals surface area contributed by atoms with Crippen LogP contribution in [0.15, 0.2) is 48.5 Å². The molecule has 0 aliphatic heterocycles. The molecular formula is C17H15FO4. The molecule has 0 saturated carbocycles. The molecule has 4 nitrogen and oxygen atoms in total. The van der Waals surface area contributed by atoms with Crippen LogP contribution in [0.4, 0.5) is 4.39 Å². The van der Waals surface area contributed by atoms with Crippen molar-refractivity contribution in [3.8, 4) is 5.75 Å². The molecule has 0 heterocycles. The number of Topliss-reactive ketones (excluding diaryl/α,β-unsaturated/α-hetero) is 1. The number of carbonyl (C=O) groups excluding carboxylic acids is 1. The molecule has 2 aromatic carbocycles. The summed E-state index contributed by atoms with van der Waals surface area (Å²) in [6.07, 6.45) is -0.200. The summed E-state index contributed by atoms with van der Waals surface area (Å²) in [6, 6.07) is 11.7. The van der Waals surface area contributed by atoms with Gasteiger partial charge in [0.1, 0.15) is 11.6 Å². The maximum atomic E-state index is 12.9. The summed E-state index contributed by atoms with van der Waals surface area (Å²) in [7, 11) is 1.49. The predicted octanol–water partition coefficient (Wildman–Crippen LogP) is 3.28. The predicted molar refractivity (Wildman–Crippen MR) is 78.7 cm³/mol. The third kappa shape index (κ3) is 3.69. The van der Waals surface area contributed by atoms with Crippen LogP contribution in [0, 0.1) is 5.82 Å².